The molecule has 2 aromatic carbocycles. The van der Waals surface area contributed by atoms with E-state index in [4.69, 9.17) is 22.1 Å². The Labute approximate surface area is 158 Å². The third kappa shape index (κ3) is 3.13. The number of ether oxygens (including phenoxy) is 1. The van der Waals surface area contributed by atoms with Crippen LogP contribution >= 0.6 is 11.6 Å². The number of aromatic amines is 1. The predicted molar refractivity (Wildman–Crippen MR) is 102 cm³/mol. The van der Waals surface area contributed by atoms with E-state index < -0.39 is 5.91 Å². The van der Waals surface area contributed by atoms with Crippen molar-refractivity contribution < 1.29 is 9.53 Å². The lowest BCUT2D eigenvalue weighted by molar-refractivity contribution is 0.100. The van der Waals surface area contributed by atoms with Gasteiger partial charge in [-0.25, -0.2) is 0 Å². The highest BCUT2D eigenvalue weighted by atomic mass is 35.5. The number of carbonyl (C=O) groups excluding carboxylic acids is 1. The maximum atomic E-state index is 12.7. The second-order valence-corrected chi connectivity index (χ2v) is 6.41. The molecule has 0 bridgehead atoms. The van der Waals surface area contributed by atoms with Crippen molar-refractivity contribution in [3.63, 3.8) is 0 Å². The topological polar surface area (TPSA) is 102 Å². The van der Waals surface area contributed by atoms with E-state index in [9.17, 15) is 9.59 Å². The molecule has 0 spiro atoms. The maximum absolute atomic E-state index is 12.7. The highest BCUT2D eigenvalue weighted by Crippen LogP contribution is 2.18. The molecule has 1 amide bonds. The van der Waals surface area contributed by atoms with Crippen LogP contribution in [0, 0.1) is 0 Å². The Hall–Kier alpha value is -3.32. The fourth-order valence-electron chi connectivity index (χ4n) is 2.98. The first-order chi connectivity index (χ1) is 13.0. The molecule has 0 saturated carbocycles. The van der Waals surface area contributed by atoms with Gasteiger partial charge in [0.15, 0.2) is 5.65 Å². The molecule has 0 aliphatic heterocycles. The van der Waals surface area contributed by atoms with Gasteiger partial charge in [-0.05, 0) is 36.4 Å². The summed E-state index contributed by atoms with van der Waals surface area (Å²) in [4.78, 5) is 27.8. The number of benzene rings is 2. The van der Waals surface area contributed by atoms with Crippen LogP contribution in [0.3, 0.4) is 0 Å². The Kier molecular flexibility index (Phi) is 4.29. The quantitative estimate of drug-likeness (QED) is 0.553. The monoisotopic (exact) mass is 382 g/mol. The number of nitrogens with two attached hydrogens (primary N) is 1. The number of hydrogen-bond donors (Lipinski definition) is 2. The van der Waals surface area contributed by atoms with Crippen molar-refractivity contribution in [2.45, 2.75) is 6.42 Å². The highest BCUT2D eigenvalue weighted by molar-refractivity contribution is 6.30. The number of hydrogen-bond acceptors (Lipinski definition) is 4. The van der Waals surface area contributed by atoms with Gasteiger partial charge in [-0.3, -0.25) is 9.59 Å². The molecule has 0 fully saturated rings. The molecule has 3 N–H and O–H groups in total. The Morgan fingerprint density at radius 1 is 1.19 bits per heavy atom. The average molecular weight is 383 g/mol. The number of rotatable bonds is 5. The minimum absolute atomic E-state index is 0.192. The third-order valence-electron chi connectivity index (χ3n) is 4.23. The van der Waals surface area contributed by atoms with Crippen LogP contribution in [0.5, 0.6) is 5.75 Å². The number of nitrogens with zero attached hydrogens (tertiary/aromatic N) is 2. The van der Waals surface area contributed by atoms with Crippen molar-refractivity contribution in [2.75, 3.05) is 6.61 Å². The number of H-pyrrole nitrogens is 1. The average Bonchev–Trinajstić information content (AvgIpc) is 3.02. The van der Waals surface area contributed by atoms with E-state index in [1.165, 1.54) is 4.52 Å². The lowest BCUT2D eigenvalue weighted by Gasteiger charge is -2.05. The number of carbonyl (C=O) groups is 1. The summed E-state index contributed by atoms with van der Waals surface area (Å²) in [6, 6.07) is 14.0. The van der Waals surface area contributed by atoms with Crippen LogP contribution in [0.4, 0.5) is 0 Å². The van der Waals surface area contributed by atoms with E-state index >= 15 is 0 Å². The van der Waals surface area contributed by atoms with Crippen molar-refractivity contribution in [1.82, 2.24) is 14.6 Å². The van der Waals surface area contributed by atoms with Crippen molar-refractivity contribution in [1.29, 1.82) is 0 Å². The van der Waals surface area contributed by atoms with Crippen LogP contribution in [0.2, 0.25) is 5.02 Å². The standard InChI is InChI=1S/C19H15ClN4O3/c20-11-5-7-12(8-6-11)27-10-9-15-16(17(21)25)18-22-14-4-2-1-3-13(14)19(26)24(18)23-15/h1-8,22H,9-10H2,(H2,21,25). The van der Waals surface area contributed by atoms with Crippen LogP contribution in [0.15, 0.2) is 53.3 Å². The molecule has 8 heteroatoms. The molecule has 4 aromatic rings. The molecular weight excluding hydrogens is 368 g/mol. The van der Waals surface area contributed by atoms with Gasteiger partial charge < -0.3 is 15.5 Å². The zero-order valence-electron chi connectivity index (χ0n) is 14.1. The molecule has 2 heterocycles. The lowest BCUT2D eigenvalue weighted by atomic mass is 10.2. The van der Waals surface area contributed by atoms with Crippen LogP contribution in [0.1, 0.15) is 16.1 Å². The zero-order chi connectivity index (χ0) is 19.0. The van der Waals surface area contributed by atoms with E-state index in [1.807, 2.05) is 0 Å². The van der Waals surface area contributed by atoms with Gasteiger partial charge in [0.25, 0.3) is 11.5 Å². The third-order valence-corrected chi connectivity index (χ3v) is 4.48. The number of para-hydroxylation sites is 1. The van der Waals surface area contributed by atoms with Crippen molar-refractivity contribution >= 4 is 34.1 Å². The Morgan fingerprint density at radius 3 is 2.67 bits per heavy atom. The van der Waals surface area contributed by atoms with Gasteiger partial charge >= 0.3 is 0 Å². The largest absolute Gasteiger partial charge is 0.493 e. The van der Waals surface area contributed by atoms with Crippen molar-refractivity contribution in [3.8, 4) is 5.75 Å². The van der Waals surface area contributed by atoms with E-state index in [0.717, 1.165) is 0 Å². The summed E-state index contributed by atoms with van der Waals surface area (Å²) in [5.41, 5.74) is 6.73. The number of primary amides is 1. The first-order valence-corrected chi connectivity index (χ1v) is 8.63. The van der Waals surface area contributed by atoms with Crippen molar-refractivity contribution in [3.05, 3.63) is 75.2 Å². The second-order valence-electron chi connectivity index (χ2n) is 5.97. The molecule has 2 aromatic heterocycles. The van der Waals surface area contributed by atoms with Crippen LogP contribution in [-0.2, 0) is 6.42 Å². The molecule has 0 aliphatic carbocycles. The SMILES string of the molecule is NC(=O)c1c(CCOc2ccc(Cl)cc2)nn2c(=O)c3ccccc3[nH]c12. The van der Waals surface area contributed by atoms with Gasteiger partial charge in [-0.15, -0.1) is 0 Å². The number of fused-ring (bicyclic) bond motifs is 2. The number of aromatic nitrogens is 3. The molecule has 4 rings (SSSR count). The fourth-order valence-corrected chi connectivity index (χ4v) is 3.10. The minimum atomic E-state index is -0.655. The zero-order valence-corrected chi connectivity index (χ0v) is 14.9. The van der Waals surface area contributed by atoms with Gasteiger partial charge in [0, 0.05) is 11.4 Å². The van der Waals surface area contributed by atoms with Crippen LogP contribution < -0.4 is 16.0 Å². The summed E-state index contributed by atoms with van der Waals surface area (Å²) in [7, 11) is 0. The van der Waals surface area contributed by atoms with Crippen molar-refractivity contribution in [2.24, 2.45) is 5.73 Å². The molecule has 7 nitrogen and oxygen atoms in total. The Bertz CT molecular complexity index is 1210. The number of halogens is 1. The minimum Gasteiger partial charge on any atom is -0.493 e. The van der Waals surface area contributed by atoms with E-state index in [-0.39, 0.29) is 23.4 Å². The summed E-state index contributed by atoms with van der Waals surface area (Å²) < 4.78 is 6.84. The molecule has 0 atom stereocenters. The molecular formula is C19H15ClN4O3. The molecule has 0 radical (unpaired) electrons. The smallest absolute Gasteiger partial charge is 0.282 e. The molecule has 0 aliphatic rings. The first kappa shape index (κ1) is 17.1. The normalized spacial score (nSPS) is 11.1. The lowest BCUT2D eigenvalue weighted by Crippen LogP contribution is -2.17. The molecule has 0 unspecified atom stereocenters. The highest BCUT2D eigenvalue weighted by Gasteiger charge is 2.20. The summed E-state index contributed by atoms with van der Waals surface area (Å²) in [6.07, 6.45) is 0.312. The fraction of sp³-hybridized carbons (Fsp3) is 0.105. The number of nitrogens with one attached hydrogen (secondary N) is 1. The Morgan fingerprint density at radius 2 is 1.93 bits per heavy atom. The summed E-state index contributed by atoms with van der Waals surface area (Å²) >= 11 is 5.85. The van der Waals surface area contributed by atoms with E-state index in [2.05, 4.69) is 10.1 Å². The second kappa shape index (κ2) is 6.77. The summed E-state index contributed by atoms with van der Waals surface area (Å²) in [5, 5.41) is 5.39. The van der Waals surface area contributed by atoms with Crippen LogP contribution in [0.25, 0.3) is 16.6 Å². The summed E-state index contributed by atoms with van der Waals surface area (Å²) in [6.45, 7) is 0.263. The van der Waals surface area contributed by atoms with Gasteiger partial charge in [0.2, 0.25) is 0 Å². The van der Waals surface area contributed by atoms with Crippen LogP contribution in [-0.4, -0.2) is 27.1 Å². The maximum Gasteiger partial charge on any atom is 0.282 e. The summed E-state index contributed by atoms with van der Waals surface area (Å²) in [5.74, 6) is -0.0111. The van der Waals surface area contributed by atoms with Gasteiger partial charge in [-0.1, -0.05) is 23.7 Å². The molecule has 27 heavy (non-hydrogen) atoms. The Balaban J connectivity index is 1.71. The molecule has 136 valence electrons. The predicted octanol–water partition coefficient (Wildman–Crippen LogP) is 2.55. The van der Waals surface area contributed by atoms with Gasteiger partial charge in [0.05, 0.1) is 23.2 Å². The van der Waals surface area contributed by atoms with E-state index in [0.29, 0.717) is 33.8 Å². The molecule has 0 saturated heterocycles. The van der Waals surface area contributed by atoms with E-state index in [1.54, 1.807) is 48.5 Å². The number of amides is 1. The van der Waals surface area contributed by atoms with Gasteiger partial charge in [-0.2, -0.15) is 9.61 Å². The first-order valence-electron chi connectivity index (χ1n) is 8.25. The van der Waals surface area contributed by atoms with Gasteiger partial charge in [0.1, 0.15) is 11.3 Å².